The monoisotopic (exact) mass is 284 g/mol. The van der Waals surface area contributed by atoms with Crippen molar-refractivity contribution in [3.63, 3.8) is 0 Å². The minimum absolute atomic E-state index is 0.0595. The third kappa shape index (κ3) is 3.70. The number of rotatable bonds is 6. The van der Waals surface area contributed by atoms with Crippen LogP contribution in [-0.2, 0) is 4.79 Å². The van der Waals surface area contributed by atoms with E-state index in [-0.39, 0.29) is 18.6 Å². The van der Waals surface area contributed by atoms with Gasteiger partial charge in [0, 0.05) is 11.4 Å². The highest BCUT2D eigenvalue weighted by Gasteiger charge is 2.20. The first-order chi connectivity index (χ1) is 8.88. The van der Waals surface area contributed by atoms with Gasteiger partial charge in [-0.05, 0) is 38.0 Å². The van der Waals surface area contributed by atoms with Gasteiger partial charge < -0.3 is 9.84 Å². The molecule has 0 saturated heterocycles. The van der Waals surface area contributed by atoms with Gasteiger partial charge in [0.05, 0.1) is 18.6 Å². The number of ether oxygens (including phenoxy) is 1. The summed E-state index contributed by atoms with van der Waals surface area (Å²) < 4.78 is 5.50. The number of ketones is 1. The van der Waals surface area contributed by atoms with Crippen molar-refractivity contribution >= 4 is 23.4 Å². The molecule has 1 N–H and O–H groups in total. The maximum Gasteiger partial charge on any atom is 0.303 e. The molecule has 4 nitrogen and oxygen atoms in total. The normalized spacial score (nSPS) is 10.3. The zero-order chi connectivity index (χ0) is 14.6. The van der Waals surface area contributed by atoms with Gasteiger partial charge in [0.25, 0.3) is 0 Å². The molecule has 0 amide bonds. The van der Waals surface area contributed by atoms with Crippen molar-refractivity contribution in [1.29, 1.82) is 0 Å². The number of hydrogen-bond donors (Lipinski definition) is 1. The molecule has 0 spiro atoms. The second-order valence-electron chi connectivity index (χ2n) is 4.25. The van der Waals surface area contributed by atoms with Crippen LogP contribution in [-0.4, -0.2) is 23.5 Å². The maximum atomic E-state index is 12.2. The molecule has 0 aliphatic carbocycles. The lowest BCUT2D eigenvalue weighted by Crippen LogP contribution is -2.10. The van der Waals surface area contributed by atoms with Crippen molar-refractivity contribution in [2.24, 2.45) is 0 Å². The van der Waals surface area contributed by atoms with E-state index in [0.29, 0.717) is 28.5 Å². The Morgan fingerprint density at radius 1 is 1.32 bits per heavy atom. The largest absolute Gasteiger partial charge is 0.493 e. The third-order valence-electron chi connectivity index (χ3n) is 2.80. The van der Waals surface area contributed by atoms with Gasteiger partial charge in [0.15, 0.2) is 5.78 Å². The van der Waals surface area contributed by atoms with Gasteiger partial charge in [-0.3, -0.25) is 9.59 Å². The molecule has 1 aromatic carbocycles. The van der Waals surface area contributed by atoms with Crippen LogP contribution >= 0.6 is 11.6 Å². The SMILES string of the molecule is CCOc1c(C)cc(Cl)c(C)c1C(=O)CCC(=O)O. The Morgan fingerprint density at radius 3 is 2.47 bits per heavy atom. The molecule has 5 heteroatoms. The number of aliphatic carboxylic acids is 1. The summed E-state index contributed by atoms with van der Waals surface area (Å²) in [5.74, 6) is -0.753. The summed E-state index contributed by atoms with van der Waals surface area (Å²) in [6.07, 6.45) is -0.259. The molecule has 1 aromatic rings. The van der Waals surface area contributed by atoms with Crippen LogP contribution in [0.2, 0.25) is 5.02 Å². The Hall–Kier alpha value is -1.55. The fourth-order valence-corrected chi connectivity index (χ4v) is 2.12. The predicted molar refractivity (Wildman–Crippen MR) is 73.3 cm³/mol. The van der Waals surface area contributed by atoms with Gasteiger partial charge >= 0.3 is 5.97 Å². The van der Waals surface area contributed by atoms with Crippen molar-refractivity contribution in [2.45, 2.75) is 33.6 Å². The van der Waals surface area contributed by atoms with Gasteiger partial charge in [-0.15, -0.1) is 0 Å². The number of aryl methyl sites for hydroxylation is 1. The number of carbonyl (C=O) groups is 2. The van der Waals surface area contributed by atoms with Crippen molar-refractivity contribution in [2.75, 3.05) is 6.61 Å². The summed E-state index contributed by atoms with van der Waals surface area (Å²) in [5.41, 5.74) is 1.80. The lowest BCUT2D eigenvalue weighted by Gasteiger charge is -2.16. The average Bonchev–Trinajstić information content (AvgIpc) is 2.33. The van der Waals surface area contributed by atoms with Gasteiger partial charge in [0.1, 0.15) is 5.75 Å². The second-order valence-corrected chi connectivity index (χ2v) is 4.66. The molecule has 0 aliphatic heterocycles. The number of hydrogen-bond acceptors (Lipinski definition) is 3. The van der Waals surface area contributed by atoms with Gasteiger partial charge in [-0.25, -0.2) is 0 Å². The fraction of sp³-hybridized carbons (Fsp3) is 0.429. The van der Waals surface area contributed by atoms with Crippen LogP contribution in [0.3, 0.4) is 0 Å². The van der Waals surface area contributed by atoms with Crippen LogP contribution in [0, 0.1) is 13.8 Å². The molecular weight excluding hydrogens is 268 g/mol. The van der Waals surface area contributed by atoms with Gasteiger partial charge in [-0.1, -0.05) is 11.6 Å². The summed E-state index contributed by atoms with van der Waals surface area (Å²) in [5, 5.41) is 9.14. The number of halogens is 1. The van der Waals surface area contributed by atoms with E-state index in [0.717, 1.165) is 5.56 Å². The van der Waals surface area contributed by atoms with E-state index in [1.807, 2.05) is 13.8 Å². The number of carbonyl (C=O) groups excluding carboxylic acids is 1. The molecule has 1 rings (SSSR count). The highest BCUT2D eigenvalue weighted by atomic mass is 35.5. The zero-order valence-electron chi connectivity index (χ0n) is 11.2. The van der Waals surface area contributed by atoms with Crippen molar-refractivity contribution in [1.82, 2.24) is 0 Å². The van der Waals surface area contributed by atoms with Crippen molar-refractivity contribution in [3.8, 4) is 5.75 Å². The second kappa shape index (κ2) is 6.57. The molecule has 0 heterocycles. The highest BCUT2D eigenvalue weighted by Crippen LogP contribution is 2.33. The lowest BCUT2D eigenvalue weighted by atomic mass is 9.97. The minimum Gasteiger partial charge on any atom is -0.493 e. The van der Waals surface area contributed by atoms with E-state index in [1.54, 1.807) is 13.0 Å². The van der Waals surface area contributed by atoms with Crippen LogP contribution < -0.4 is 4.74 Å². The summed E-state index contributed by atoms with van der Waals surface area (Å²) in [7, 11) is 0. The van der Waals surface area contributed by atoms with E-state index in [9.17, 15) is 9.59 Å². The Morgan fingerprint density at radius 2 is 1.95 bits per heavy atom. The molecule has 0 aliphatic rings. The Labute approximate surface area is 117 Å². The fourth-order valence-electron chi connectivity index (χ4n) is 1.86. The summed E-state index contributed by atoms with van der Waals surface area (Å²) >= 11 is 6.07. The first-order valence-electron chi connectivity index (χ1n) is 6.06. The van der Waals surface area contributed by atoms with Crippen LogP contribution in [0.5, 0.6) is 5.75 Å². The molecule has 0 saturated carbocycles. The van der Waals surface area contributed by atoms with Crippen LogP contribution in [0.4, 0.5) is 0 Å². The molecule has 0 radical (unpaired) electrons. The standard InChI is InChI=1S/C14H17ClO4/c1-4-19-14-8(2)7-10(15)9(3)13(14)11(16)5-6-12(17)18/h7H,4-6H2,1-3H3,(H,17,18). The molecule has 104 valence electrons. The Balaban J connectivity index is 3.22. The van der Waals surface area contributed by atoms with E-state index in [1.165, 1.54) is 0 Å². The van der Waals surface area contributed by atoms with E-state index < -0.39 is 5.97 Å². The van der Waals surface area contributed by atoms with Crippen LogP contribution in [0.15, 0.2) is 6.07 Å². The summed E-state index contributed by atoms with van der Waals surface area (Å²) in [4.78, 5) is 22.7. The first-order valence-corrected chi connectivity index (χ1v) is 6.43. The number of carboxylic acid groups (broad SMARTS) is 1. The van der Waals surface area contributed by atoms with E-state index >= 15 is 0 Å². The van der Waals surface area contributed by atoms with Crippen LogP contribution in [0.1, 0.15) is 41.3 Å². The topological polar surface area (TPSA) is 63.6 Å². The Kier molecular flexibility index (Phi) is 5.36. The summed E-state index contributed by atoms with van der Waals surface area (Å²) in [6.45, 7) is 5.80. The molecule has 19 heavy (non-hydrogen) atoms. The van der Waals surface area contributed by atoms with E-state index in [2.05, 4.69) is 0 Å². The Bertz CT molecular complexity index is 509. The zero-order valence-corrected chi connectivity index (χ0v) is 12.0. The number of Topliss-reactive ketones (excluding diaryl/α,β-unsaturated/α-hetero) is 1. The lowest BCUT2D eigenvalue weighted by molar-refractivity contribution is -0.136. The van der Waals surface area contributed by atoms with Crippen molar-refractivity contribution in [3.05, 3.63) is 27.8 Å². The first kappa shape index (κ1) is 15.5. The van der Waals surface area contributed by atoms with E-state index in [4.69, 9.17) is 21.4 Å². The molecule has 0 atom stereocenters. The number of benzene rings is 1. The summed E-state index contributed by atoms with van der Waals surface area (Å²) in [6, 6.07) is 1.75. The molecule has 0 bridgehead atoms. The molecule has 0 aromatic heterocycles. The highest BCUT2D eigenvalue weighted by molar-refractivity contribution is 6.32. The van der Waals surface area contributed by atoms with Crippen molar-refractivity contribution < 1.29 is 19.4 Å². The number of carboxylic acids is 1. The molecule has 0 unspecified atom stereocenters. The minimum atomic E-state index is -0.997. The quantitative estimate of drug-likeness (QED) is 0.813. The van der Waals surface area contributed by atoms with Crippen LogP contribution in [0.25, 0.3) is 0 Å². The average molecular weight is 285 g/mol. The smallest absolute Gasteiger partial charge is 0.303 e. The van der Waals surface area contributed by atoms with Gasteiger partial charge in [0.2, 0.25) is 0 Å². The molecule has 0 fully saturated rings. The molecular formula is C14H17ClO4. The maximum absolute atomic E-state index is 12.2. The predicted octanol–water partition coefficient (Wildman–Crippen LogP) is 3.40. The van der Waals surface area contributed by atoms with Gasteiger partial charge in [-0.2, -0.15) is 0 Å². The third-order valence-corrected chi connectivity index (χ3v) is 3.19.